The number of aliphatic hydroxyl groups is 1. The van der Waals surface area contributed by atoms with Crippen molar-refractivity contribution in [3.63, 3.8) is 0 Å². The van der Waals surface area contributed by atoms with Crippen molar-refractivity contribution in [2.24, 2.45) is 0 Å². The number of amides is 1. The number of ether oxygens (including phenoxy) is 2. The van der Waals surface area contributed by atoms with Gasteiger partial charge in [-0.2, -0.15) is 0 Å². The Morgan fingerprint density at radius 1 is 1.12 bits per heavy atom. The molecule has 1 heterocycles. The lowest BCUT2D eigenvalue weighted by molar-refractivity contribution is -0.129. The molecule has 0 fully saturated rings. The highest BCUT2D eigenvalue weighted by atomic mass is 16.5. The van der Waals surface area contributed by atoms with Crippen molar-refractivity contribution in [2.75, 3.05) is 41.4 Å². The van der Waals surface area contributed by atoms with Gasteiger partial charge in [-0.3, -0.25) is 9.59 Å². The van der Waals surface area contributed by atoms with Gasteiger partial charge in [-0.25, -0.2) is 0 Å². The van der Waals surface area contributed by atoms with E-state index in [1.807, 2.05) is 49.3 Å². The third kappa shape index (κ3) is 5.43. The molecule has 0 aliphatic carbocycles. The van der Waals surface area contributed by atoms with Crippen LogP contribution in [-0.4, -0.2) is 68.0 Å². The molecule has 1 N–H and O–H groups in total. The fraction of sp³-hybridized carbons (Fsp3) is 0.308. The van der Waals surface area contributed by atoms with E-state index < -0.39 is 23.5 Å². The molecular weight excluding hydrogens is 420 g/mol. The molecule has 3 rings (SSSR count). The number of aliphatic hydroxyl groups excluding tert-OH is 1. The van der Waals surface area contributed by atoms with Crippen LogP contribution in [0.5, 0.6) is 11.5 Å². The smallest absolute Gasteiger partial charge is 0.290 e. The fourth-order valence-electron chi connectivity index (χ4n) is 3.90. The zero-order chi connectivity index (χ0) is 24.0. The predicted octanol–water partition coefficient (Wildman–Crippen LogP) is 3.63. The van der Waals surface area contributed by atoms with Gasteiger partial charge in [0.05, 0.1) is 25.8 Å². The monoisotopic (exact) mass is 450 g/mol. The summed E-state index contributed by atoms with van der Waals surface area (Å²) < 4.78 is 10.9. The Morgan fingerprint density at radius 2 is 1.85 bits per heavy atom. The summed E-state index contributed by atoms with van der Waals surface area (Å²) in [6, 6.07) is 13.8. The molecule has 2 aromatic rings. The minimum atomic E-state index is -0.794. The Balaban J connectivity index is 2.04. The Morgan fingerprint density at radius 3 is 2.48 bits per heavy atom. The summed E-state index contributed by atoms with van der Waals surface area (Å²) in [6.07, 6.45) is 3.73. The van der Waals surface area contributed by atoms with E-state index in [1.165, 1.54) is 18.1 Å². The number of hydrogen-bond acceptors (Lipinski definition) is 6. The maximum absolute atomic E-state index is 13.3. The highest BCUT2D eigenvalue weighted by molar-refractivity contribution is 6.14. The summed E-state index contributed by atoms with van der Waals surface area (Å²) in [7, 11) is 6.97. The molecule has 1 amide bonds. The molecular formula is C26H30N2O5. The highest BCUT2D eigenvalue weighted by Crippen LogP contribution is 2.43. The number of rotatable bonds is 10. The molecule has 0 radical (unpaired) electrons. The zero-order valence-corrected chi connectivity index (χ0v) is 19.4. The largest absolute Gasteiger partial charge is 0.503 e. The first-order valence-electron chi connectivity index (χ1n) is 10.8. The molecule has 1 aliphatic heterocycles. The summed E-state index contributed by atoms with van der Waals surface area (Å²) >= 11 is 0. The number of carbonyl (C=O) groups is 2. The first-order valence-corrected chi connectivity index (χ1v) is 10.8. The van der Waals surface area contributed by atoms with Gasteiger partial charge >= 0.3 is 0 Å². The molecule has 1 atom stereocenters. The lowest BCUT2D eigenvalue weighted by atomic mass is 9.94. The lowest BCUT2D eigenvalue weighted by Gasteiger charge is -2.28. The highest BCUT2D eigenvalue weighted by Gasteiger charge is 2.43. The molecule has 1 unspecified atom stereocenters. The van der Waals surface area contributed by atoms with Gasteiger partial charge in [-0.15, -0.1) is 0 Å². The van der Waals surface area contributed by atoms with Crippen LogP contribution >= 0.6 is 0 Å². The van der Waals surface area contributed by atoms with Gasteiger partial charge in [-0.05, 0) is 56.9 Å². The summed E-state index contributed by atoms with van der Waals surface area (Å²) in [6.45, 7) is 1.12. The molecule has 0 aromatic heterocycles. The van der Waals surface area contributed by atoms with E-state index in [-0.39, 0.29) is 5.57 Å². The second-order valence-corrected chi connectivity index (χ2v) is 8.04. The minimum Gasteiger partial charge on any atom is -0.503 e. The van der Waals surface area contributed by atoms with Crippen LogP contribution in [0.3, 0.4) is 0 Å². The molecule has 33 heavy (non-hydrogen) atoms. The predicted molar refractivity (Wildman–Crippen MR) is 127 cm³/mol. The number of allylic oxidation sites excluding steroid dienone is 1. The molecule has 0 saturated carbocycles. The number of hydrogen-bond donors (Lipinski definition) is 1. The van der Waals surface area contributed by atoms with Gasteiger partial charge in [0.25, 0.3) is 5.91 Å². The fourth-order valence-corrected chi connectivity index (χ4v) is 3.90. The lowest BCUT2D eigenvalue weighted by Crippen LogP contribution is -2.33. The van der Waals surface area contributed by atoms with Gasteiger partial charge < -0.3 is 24.4 Å². The van der Waals surface area contributed by atoms with E-state index in [0.29, 0.717) is 30.0 Å². The first-order chi connectivity index (χ1) is 15.9. The van der Waals surface area contributed by atoms with E-state index >= 15 is 0 Å². The molecule has 174 valence electrons. The van der Waals surface area contributed by atoms with Crippen molar-refractivity contribution in [2.45, 2.75) is 12.5 Å². The summed E-state index contributed by atoms with van der Waals surface area (Å²) in [4.78, 5) is 29.9. The van der Waals surface area contributed by atoms with Crippen molar-refractivity contribution < 1.29 is 24.2 Å². The number of carbonyl (C=O) groups excluding carboxylic acids is 2. The number of methoxy groups -OCH3 is 2. The topological polar surface area (TPSA) is 79.3 Å². The Kier molecular flexibility index (Phi) is 7.90. The van der Waals surface area contributed by atoms with Gasteiger partial charge in [0.15, 0.2) is 11.5 Å². The average Bonchev–Trinajstić information content (AvgIpc) is 3.07. The van der Waals surface area contributed by atoms with Crippen LogP contribution in [0.2, 0.25) is 0 Å². The third-order valence-corrected chi connectivity index (χ3v) is 5.53. The van der Waals surface area contributed by atoms with Crippen LogP contribution < -0.4 is 9.47 Å². The van der Waals surface area contributed by atoms with Gasteiger partial charge in [0.1, 0.15) is 11.5 Å². The Bertz CT molecular complexity index is 1060. The van der Waals surface area contributed by atoms with E-state index in [0.717, 1.165) is 12.1 Å². The van der Waals surface area contributed by atoms with Crippen molar-refractivity contribution in [1.29, 1.82) is 0 Å². The van der Waals surface area contributed by atoms with Gasteiger partial charge in [0, 0.05) is 12.1 Å². The van der Waals surface area contributed by atoms with Crippen molar-refractivity contribution in [1.82, 2.24) is 9.80 Å². The van der Waals surface area contributed by atoms with Crippen LogP contribution in [-0.2, 0) is 9.59 Å². The summed E-state index contributed by atoms with van der Waals surface area (Å²) in [5.74, 6) is -0.477. The third-order valence-electron chi connectivity index (χ3n) is 5.53. The van der Waals surface area contributed by atoms with Crippen molar-refractivity contribution in [3.8, 4) is 11.5 Å². The van der Waals surface area contributed by atoms with Crippen LogP contribution in [0, 0.1) is 0 Å². The van der Waals surface area contributed by atoms with Gasteiger partial charge in [-0.1, -0.05) is 36.4 Å². The number of benzene rings is 2. The van der Waals surface area contributed by atoms with E-state index in [1.54, 1.807) is 31.4 Å². The first kappa shape index (κ1) is 24.1. The number of nitrogens with zero attached hydrogens (tertiary/aromatic N) is 2. The van der Waals surface area contributed by atoms with Crippen molar-refractivity contribution >= 4 is 17.8 Å². The quantitative estimate of drug-likeness (QED) is 0.557. The van der Waals surface area contributed by atoms with E-state index in [9.17, 15) is 14.7 Å². The van der Waals surface area contributed by atoms with Crippen LogP contribution in [0.15, 0.2) is 65.9 Å². The molecule has 0 spiro atoms. The normalized spacial score (nSPS) is 16.2. The number of ketones is 1. The Hall–Kier alpha value is -3.58. The minimum absolute atomic E-state index is 0.0311. The molecule has 0 bridgehead atoms. The van der Waals surface area contributed by atoms with E-state index in [4.69, 9.17) is 9.47 Å². The second kappa shape index (κ2) is 10.8. The zero-order valence-electron chi connectivity index (χ0n) is 19.4. The summed E-state index contributed by atoms with van der Waals surface area (Å²) in [5.41, 5.74) is 1.45. The maximum Gasteiger partial charge on any atom is 0.290 e. The van der Waals surface area contributed by atoms with Crippen LogP contribution in [0.1, 0.15) is 23.6 Å². The SMILES string of the molecule is COc1ccc(OC)c(C2C(C(=O)/C=C/c3ccccc3)=C(O)C(=O)N2CCCN(C)C)c1. The molecule has 0 saturated heterocycles. The average molecular weight is 451 g/mol. The maximum atomic E-state index is 13.3. The molecule has 7 heteroatoms. The van der Waals surface area contributed by atoms with Crippen LogP contribution in [0.4, 0.5) is 0 Å². The Labute approximate surface area is 194 Å². The van der Waals surface area contributed by atoms with Gasteiger partial charge in [0.2, 0.25) is 0 Å². The van der Waals surface area contributed by atoms with Crippen molar-refractivity contribution in [3.05, 3.63) is 77.1 Å². The summed E-state index contributed by atoms with van der Waals surface area (Å²) in [5, 5.41) is 10.8. The molecule has 1 aliphatic rings. The van der Waals surface area contributed by atoms with Crippen LogP contribution in [0.25, 0.3) is 6.08 Å². The molecule has 2 aromatic carbocycles. The standard InChI is InChI=1S/C26H30N2O5/c1-27(2)15-8-16-28-24(20-17-19(32-3)12-14-22(20)33-4)23(25(30)26(28)31)21(29)13-11-18-9-6-5-7-10-18/h5-7,9-14,17,24,30H,8,15-16H2,1-4H3/b13-11+. The molecule has 7 nitrogen and oxygen atoms in total. The second-order valence-electron chi connectivity index (χ2n) is 8.04. The van der Waals surface area contributed by atoms with E-state index in [2.05, 4.69) is 0 Å².